The second kappa shape index (κ2) is 10.2. The smallest absolute Gasteiger partial charge is 0.00279 e. The molecule has 0 nitrogen and oxygen atoms in total. The van der Waals surface area contributed by atoms with E-state index in [0.29, 0.717) is 0 Å². The molecule has 2 aliphatic rings. The zero-order chi connectivity index (χ0) is 12.3. The number of hydrogen-bond donors (Lipinski definition) is 0. The third-order valence-corrected chi connectivity index (χ3v) is 5.38. The van der Waals surface area contributed by atoms with Crippen molar-refractivity contribution in [2.75, 3.05) is 0 Å². The molecule has 0 bridgehead atoms. The topological polar surface area (TPSA) is 0 Å². The first-order chi connectivity index (χ1) is 8.38. The summed E-state index contributed by atoms with van der Waals surface area (Å²) in [6.07, 6.45) is 18.1. The van der Waals surface area contributed by atoms with Gasteiger partial charge in [-0.1, -0.05) is 90.0 Å². The average molecular weight is 255 g/mol. The molecule has 0 atom stereocenters. The van der Waals surface area contributed by atoms with Crippen molar-refractivity contribution in [3.05, 3.63) is 0 Å². The second-order valence-electron chi connectivity index (χ2n) is 6.15. The molecule has 0 radical (unpaired) electrons. The van der Waals surface area contributed by atoms with Crippen molar-refractivity contribution in [1.29, 1.82) is 0 Å². The standard InChI is InChI=1S/C10H18.C6H16Si/c1-2-6-9(5-1)10-7-3-4-8-10;1-2-3-4-5-6-7/h9-10H,1-8H2;2-6H2,1,7H3. The summed E-state index contributed by atoms with van der Waals surface area (Å²) < 4.78 is 0. The highest BCUT2D eigenvalue weighted by Crippen LogP contribution is 2.39. The van der Waals surface area contributed by atoms with E-state index in [1.165, 1.54) is 67.7 Å². The summed E-state index contributed by atoms with van der Waals surface area (Å²) in [5.74, 6) is 2.31. The highest BCUT2D eigenvalue weighted by molar-refractivity contribution is 6.08. The molecule has 17 heavy (non-hydrogen) atoms. The fourth-order valence-electron chi connectivity index (χ4n) is 3.53. The molecule has 0 aromatic rings. The van der Waals surface area contributed by atoms with Gasteiger partial charge < -0.3 is 0 Å². The lowest BCUT2D eigenvalue weighted by Gasteiger charge is -2.16. The Hall–Kier alpha value is 0.217. The Bertz CT molecular complexity index is 137. The van der Waals surface area contributed by atoms with Crippen LogP contribution in [0, 0.1) is 11.8 Å². The van der Waals surface area contributed by atoms with Gasteiger partial charge in [-0.2, -0.15) is 0 Å². The third-order valence-electron chi connectivity index (χ3n) is 4.67. The van der Waals surface area contributed by atoms with Gasteiger partial charge in [0.1, 0.15) is 0 Å². The number of rotatable bonds is 5. The maximum Gasteiger partial charge on any atom is 0.00279 e. The van der Waals surface area contributed by atoms with Gasteiger partial charge in [0.15, 0.2) is 0 Å². The van der Waals surface area contributed by atoms with Crippen molar-refractivity contribution in [3.8, 4) is 0 Å². The molecule has 0 saturated heterocycles. The number of unbranched alkanes of at least 4 members (excludes halogenated alkanes) is 3. The lowest BCUT2D eigenvalue weighted by Crippen LogP contribution is -2.06. The van der Waals surface area contributed by atoms with E-state index in [9.17, 15) is 0 Å². The van der Waals surface area contributed by atoms with Crippen molar-refractivity contribution in [1.82, 2.24) is 0 Å². The highest BCUT2D eigenvalue weighted by atomic mass is 28.1. The Morgan fingerprint density at radius 1 is 0.765 bits per heavy atom. The molecule has 0 spiro atoms. The van der Waals surface area contributed by atoms with Gasteiger partial charge in [0.2, 0.25) is 0 Å². The van der Waals surface area contributed by atoms with Crippen LogP contribution in [-0.4, -0.2) is 10.2 Å². The number of hydrogen-bond acceptors (Lipinski definition) is 0. The van der Waals surface area contributed by atoms with Gasteiger partial charge in [-0.05, 0) is 11.8 Å². The Balaban J connectivity index is 0.000000185. The predicted octanol–water partition coefficient (Wildman–Crippen LogP) is 4.72. The highest BCUT2D eigenvalue weighted by Gasteiger charge is 2.26. The second-order valence-corrected chi connectivity index (χ2v) is 7.15. The Kier molecular flexibility index (Phi) is 9.14. The molecule has 2 aliphatic carbocycles. The molecule has 2 rings (SSSR count). The van der Waals surface area contributed by atoms with E-state index in [0.717, 1.165) is 11.8 Å². The van der Waals surface area contributed by atoms with Gasteiger partial charge in [0.05, 0.1) is 0 Å². The fraction of sp³-hybridized carbons (Fsp3) is 1.00. The van der Waals surface area contributed by atoms with Crippen LogP contribution in [-0.2, 0) is 0 Å². The zero-order valence-corrected chi connectivity index (χ0v) is 14.3. The van der Waals surface area contributed by atoms with Crippen LogP contribution >= 0.6 is 0 Å². The molecule has 0 unspecified atom stereocenters. The van der Waals surface area contributed by atoms with Crippen molar-refractivity contribution in [2.45, 2.75) is 90.0 Å². The van der Waals surface area contributed by atoms with Crippen LogP contribution in [0.25, 0.3) is 0 Å². The van der Waals surface area contributed by atoms with E-state index < -0.39 is 0 Å². The quantitative estimate of drug-likeness (QED) is 0.492. The molecule has 0 aromatic carbocycles. The molecule has 0 aromatic heterocycles. The Morgan fingerprint density at radius 3 is 1.59 bits per heavy atom. The molecule has 102 valence electrons. The molecule has 1 heteroatoms. The van der Waals surface area contributed by atoms with Gasteiger partial charge in [0.25, 0.3) is 0 Å². The first-order valence-corrected chi connectivity index (χ1v) is 9.79. The van der Waals surface area contributed by atoms with Crippen molar-refractivity contribution >= 4 is 10.2 Å². The van der Waals surface area contributed by atoms with Gasteiger partial charge >= 0.3 is 0 Å². The summed E-state index contributed by atoms with van der Waals surface area (Å²) in [5, 5.41) is 0. The van der Waals surface area contributed by atoms with E-state index >= 15 is 0 Å². The first kappa shape index (κ1) is 15.3. The Labute approximate surface area is 112 Å². The maximum atomic E-state index is 2.26. The molecule has 0 N–H and O–H groups in total. The van der Waals surface area contributed by atoms with Crippen molar-refractivity contribution in [3.63, 3.8) is 0 Å². The van der Waals surface area contributed by atoms with Crippen molar-refractivity contribution < 1.29 is 0 Å². The van der Waals surface area contributed by atoms with Crippen LogP contribution in [0.4, 0.5) is 0 Å². The normalized spacial score (nSPS) is 21.7. The first-order valence-electron chi connectivity index (χ1n) is 8.38. The molecule has 2 saturated carbocycles. The Morgan fingerprint density at radius 2 is 1.24 bits per heavy atom. The minimum absolute atomic E-state index is 1.16. The van der Waals surface area contributed by atoms with Crippen LogP contribution in [0.3, 0.4) is 0 Å². The lowest BCUT2D eigenvalue weighted by atomic mass is 9.90. The van der Waals surface area contributed by atoms with Gasteiger partial charge in [-0.3, -0.25) is 0 Å². The van der Waals surface area contributed by atoms with Gasteiger partial charge in [0, 0.05) is 10.2 Å². The van der Waals surface area contributed by atoms with Crippen LogP contribution in [0.15, 0.2) is 0 Å². The SMILES string of the molecule is C1CCC(C2CCCC2)C1.CCCCCC[SiH3]. The van der Waals surface area contributed by atoms with Gasteiger partial charge in [-0.15, -0.1) is 0 Å². The molecule has 2 fully saturated rings. The van der Waals surface area contributed by atoms with Crippen LogP contribution in [0.5, 0.6) is 0 Å². The zero-order valence-electron chi connectivity index (χ0n) is 12.3. The van der Waals surface area contributed by atoms with E-state index in [1.807, 2.05) is 0 Å². The van der Waals surface area contributed by atoms with Crippen LogP contribution in [0.2, 0.25) is 6.04 Å². The van der Waals surface area contributed by atoms with Crippen LogP contribution in [0.1, 0.15) is 84.0 Å². The third kappa shape index (κ3) is 6.64. The summed E-state index contributed by atoms with van der Waals surface area (Å²) in [6.45, 7) is 2.26. The molecular weight excluding hydrogens is 220 g/mol. The summed E-state index contributed by atoms with van der Waals surface area (Å²) in [7, 11) is 1.41. The average Bonchev–Trinajstić information content (AvgIpc) is 3.03. The van der Waals surface area contributed by atoms with E-state index in [-0.39, 0.29) is 0 Å². The van der Waals surface area contributed by atoms with E-state index in [1.54, 1.807) is 25.7 Å². The monoisotopic (exact) mass is 254 g/mol. The predicted molar refractivity (Wildman–Crippen MR) is 82.8 cm³/mol. The minimum atomic E-state index is 1.16. The van der Waals surface area contributed by atoms with Crippen LogP contribution < -0.4 is 0 Å². The fourth-order valence-corrected chi connectivity index (χ4v) is 4.03. The summed E-state index contributed by atoms with van der Waals surface area (Å²) in [4.78, 5) is 0. The molecule has 0 heterocycles. The largest absolute Gasteiger partial charge is 0.0658 e. The maximum absolute atomic E-state index is 2.26. The molecule has 0 aliphatic heterocycles. The van der Waals surface area contributed by atoms with E-state index in [2.05, 4.69) is 6.92 Å². The summed E-state index contributed by atoms with van der Waals surface area (Å²) in [5.41, 5.74) is 0. The van der Waals surface area contributed by atoms with E-state index in [4.69, 9.17) is 0 Å². The minimum Gasteiger partial charge on any atom is -0.0658 e. The van der Waals surface area contributed by atoms with Gasteiger partial charge in [-0.25, -0.2) is 0 Å². The van der Waals surface area contributed by atoms with Crippen molar-refractivity contribution in [2.24, 2.45) is 11.8 Å². The molecule has 0 amide bonds. The summed E-state index contributed by atoms with van der Waals surface area (Å²) >= 11 is 0. The lowest BCUT2D eigenvalue weighted by molar-refractivity contribution is 0.347. The molecular formula is C16H34Si. The summed E-state index contributed by atoms with van der Waals surface area (Å²) in [6, 6.07) is 1.50.